The summed E-state index contributed by atoms with van der Waals surface area (Å²) in [6.45, 7) is 1.84. The molecule has 0 fully saturated rings. The fraction of sp³-hybridized carbons (Fsp3) is 0.176. The number of methoxy groups -OCH3 is 1. The predicted octanol–water partition coefficient (Wildman–Crippen LogP) is 4.54. The lowest BCUT2D eigenvalue weighted by molar-refractivity contribution is 0.182. The van der Waals surface area contributed by atoms with Crippen molar-refractivity contribution in [2.24, 2.45) is 0 Å². The van der Waals surface area contributed by atoms with E-state index in [-0.39, 0.29) is 0 Å². The third-order valence-corrected chi connectivity index (χ3v) is 3.50. The Morgan fingerprint density at radius 2 is 1.70 bits per heavy atom. The Bertz CT molecular complexity index is 787. The fourth-order valence-electron chi connectivity index (χ4n) is 2.07. The average Bonchev–Trinajstić information content (AvgIpc) is 3.06. The zero-order valence-corrected chi connectivity index (χ0v) is 13.4. The number of halogens is 1. The number of benzene rings is 2. The molecule has 1 aromatic heterocycles. The number of nitrogens with zero attached hydrogens (tertiary/aromatic N) is 2. The van der Waals surface area contributed by atoms with Crippen molar-refractivity contribution in [2.75, 3.05) is 7.11 Å². The van der Waals surface area contributed by atoms with E-state index >= 15 is 0 Å². The van der Waals surface area contributed by atoms with Crippen molar-refractivity contribution >= 4 is 11.6 Å². The summed E-state index contributed by atoms with van der Waals surface area (Å²) >= 11 is 5.88. The van der Waals surface area contributed by atoms with Gasteiger partial charge in [-0.25, -0.2) is 0 Å². The maximum Gasteiger partial charge on any atom is 0.257 e. The van der Waals surface area contributed by atoms with Crippen LogP contribution in [0.15, 0.2) is 52.9 Å². The summed E-state index contributed by atoms with van der Waals surface area (Å²) < 4.78 is 16.8. The van der Waals surface area contributed by atoms with Crippen LogP contribution in [-0.4, -0.2) is 17.3 Å². The molecule has 0 bridgehead atoms. The normalized spacial score (nSPS) is 12.0. The van der Waals surface area contributed by atoms with Crippen LogP contribution in [0.2, 0.25) is 5.02 Å². The van der Waals surface area contributed by atoms with Crippen molar-refractivity contribution in [3.05, 3.63) is 59.4 Å². The molecule has 0 N–H and O–H groups in total. The van der Waals surface area contributed by atoms with Gasteiger partial charge in [0.05, 0.1) is 7.11 Å². The number of hydrogen-bond donors (Lipinski definition) is 0. The second-order valence-corrected chi connectivity index (χ2v) is 5.30. The first-order chi connectivity index (χ1) is 11.2. The Balaban J connectivity index is 1.78. The van der Waals surface area contributed by atoms with Crippen LogP contribution >= 0.6 is 11.6 Å². The zero-order chi connectivity index (χ0) is 16.2. The first kappa shape index (κ1) is 15.4. The summed E-state index contributed by atoms with van der Waals surface area (Å²) in [6.07, 6.45) is -0.403. The highest BCUT2D eigenvalue weighted by atomic mass is 35.5. The molecule has 0 saturated carbocycles. The Hall–Kier alpha value is -2.53. The smallest absolute Gasteiger partial charge is 0.257 e. The van der Waals surface area contributed by atoms with E-state index in [9.17, 15) is 0 Å². The van der Waals surface area contributed by atoms with Crippen LogP contribution in [0.1, 0.15) is 18.9 Å². The molecule has 0 radical (unpaired) electrons. The van der Waals surface area contributed by atoms with Gasteiger partial charge in [0.15, 0.2) is 17.6 Å². The third-order valence-electron chi connectivity index (χ3n) is 3.25. The molecule has 0 saturated heterocycles. The van der Waals surface area contributed by atoms with Crippen molar-refractivity contribution in [1.29, 1.82) is 0 Å². The summed E-state index contributed by atoms with van der Waals surface area (Å²) in [5, 5.41) is 8.76. The van der Waals surface area contributed by atoms with Crippen LogP contribution < -0.4 is 9.47 Å². The second-order valence-electron chi connectivity index (χ2n) is 4.86. The second kappa shape index (κ2) is 6.71. The molecule has 1 atom stereocenters. The fourth-order valence-corrected chi connectivity index (χ4v) is 2.19. The van der Waals surface area contributed by atoms with Gasteiger partial charge >= 0.3 is 0 Å². The van der Waals surface area contributed by atoms with E-state index in [1.807, 2.05) is 43.3 Å². The van der Waals surface area contributed by atoms with Crippen LogP contribution in [-0.2, 0) is 0 Å². The molecule has 6 heteroatoms. The standard InChI is InChI=1S/C17H15ClN2O3/c1-11(22-15-6-4-3-5-14(15)21-2)16-19-20-17(23-16)12-7-9-13(18)10-8-12/h3-11H,1-2H3. The first-order valence-corrected chi connectivity index (χ1v) is 7.44. The zero-order valence-electron chi connectivity index (χ0n) is 12.7. The van der Waals surface area contributed by atoms with Crippen LogP contribution in [0.5, 0.6) is 11.5 Å². The van der Waals surface area contributed by atoms with Crippen molar-refractivity contribution < 1.29 is 13.9 Å². The van der Waals surface area contributed by atoms with Gasteiger partial charge in [0, 0.05) is 10.6 Å². The maximum absolute atomic E-state index is 5.88. The van der Waals surface area contributed by atoms with Gasteiger partial charge < -0.3 is 13.9 Å². The minimum absolute atomic E-state index is 0.390. The molecule has 3 aromatic rings. The molecule has 1 heterocycles. The molecule has 3 rings (SSSR count). The minimum atomic E-state index is -0.403. The molecule has 0 amide bonds. The van der Waals surface area contributed by atoms with Gasteiger partial charge in [-0.3, -0.25) is 0 Å². The quantitative estimate of drug-likeness (QED) is 0.687. The first-order valence-electron chi connectivity index (χ1n) is 7.06. The minimum Gasteiger partial charge on any atom is -0.493 e. The lowest BCUT2D eigenvalue weighted by Crippen LogP contribution is -2.04. The summed E-state index contributed by atoms with van der Waals surface area (Å²) in [7, 11) is 1.60. The van der Waals surface area contributed by atoms with E-state index in [1.165, 1.54) is 0 Å². The molecule has 0 aliphatic heterocycles. The van der Waals surface area contributed by atoms with E-state index < -0.39 is 6.10 Å². The van der Waals surface area contributed by atoms with Crippen LogP contribution in [0, 0.1) is 0 Å². The van der Waals surface area contributed by atoms with Gasteiger partial charge in [-0.05, 0) is 43.3 Å². The topological polar surface area (TPSA) is 57.4 Å². The van der Waals surface area contributed by atoms with E-state index in [1.54, 1.807) is 19.2 Å². The van der Waals surface area contributed by atoms with Gasteiger partial charge in [-0.2, -0.15) is 0 Å². The molecule has 5 nitrogen and oxygen atoms in total. The molecule has 0 spiro atoms. The molecule has 2 aromatic carbocycles. The number of aromatic nitrogens is 2. The highest BCUT2D eigenvalue weighted by Gasteiger charge is 2.18. The Morgan fingerprint density at radius 1 is 1.00 bits per heavy atom. The number of hydrogen-bond acceptors (Lipinski definition) is 5. The highest BCUT2D eigenvalue weighted by molar-refractivity contribution is 6.30. The molecular weight excluding hydrogens is 316 g/mol. The summed E-state index contributed by atoms with van der Waals surface area (Å²) in [4.78, 5) is 0. The molecule has 23 heavy (non-hydrogen) atoms. The summed E-state index contributed by atoms with van der Waals surface area (Å²) in [5.74, 6) is 2.08. The van der Waals surface area contributed by atoms with Gasteiger partial charge in [-0.15, -0.1) is 10.2 Å². The van der Waals surface area contributed by atoms with Gasteiger partial charge in [0.2, 0.25) is 5.89 Å². The molecule has 0 aliphatic rings. The number of rotatable bonds is 5. The van der Waals surface area contributed by atoms with Crippen molar-refractivity contribution in [3.63, 3.8) is 0 Å². The SMILES string of the molecule is COc1ccccc1OC(C)c1nnc(-c2ccc(Cl)cc2)o1. The Morgan fingerprint density at radius 3 is 2.39 bits per heavy atom. The predicted molar refractivity (Wildman–Crippen MR) is 86.8 cm³/mol. The molecule has 118 valence electrons. The van der Waals surface area contributed by atoms with E-state index in [0.29, 0.717) is 28.3 Å². The average molecular weight is 331 g/mol. The lowest BCUT2D eigenvalue weighted by Gasteiger charge is -2.13. The van der Waals surface area contributed by atoms with Crippen molar-refractivity contribution in [3.8, 4) is 23.0 Å². The van der Waals surface area contributed by atoms with E-state index in [4.69, 9.17) is 25.5 Å². The molecular formula is C17H15ClN2O3. The van der Waals surface area contributed by atoms with Gasteiger partial charge in [0.1, 0.15) is 0 Å². The van der Waals surface area contributed by atoms with Crippen LogP contribution in [0.25, 0.3) is 11.5 Å². The third kappa shape index (κ3) is 3.46. The Labute approximate surface area is 138 Å². The van der Waals surface area contributed by atoms with Gasteiger partial charge in [0.25, 0.3) is 5.89 Å². The van der Waals surface area contributed by atoms with E-state index in [2.05, 4.69) is 10.2 Å². The van der Waals surface area contributed by atoms with Crippen LogP contribution in [0.3, 0.4) is 0 Å². The highest BCUT2D eigenvalue weighted by Crippen LogP contribution is 2.31. The summed E-state index contributed by atoms with van der Waals surface area (Å²) in [6, 6.07) is 14.6. The molecule has 1 unspecified atom stereocenters. The number of ether oxygens (including phenoxy) is 2. The van der Waals surface area contributed by atoms with Crippen LogP contribution in [0.4, 0.5) is 0 Å². The van der Waals surface area contributed by atoms with Crippen molar-refractivity contribution in [2.45, 2.75) is 13.0 Å². The monoisotopic (exact) mass is 330 g/mol. The Kier molecular flexibility index (Phi) is 4.48. The summed E-state index contributed by atoms with van der Waals surface area (Å²) in [5.41, 5.74) is 0.803. The lowest BCUT2D eigenvalue weighted by atomic mass is 10.2. The van der Waals surface area contributed by atoms with Gasteiger partial charge in [-0.1, -0.05) is 23.7 Å². The number of para-hydroxylation sites is 2. The van der Waals surface area contributed by atoms with E-state index in [0.717, 1.165) is 5.56 Å². The largest absolute Gasteiger partial charge is 0.493 e. The maximum atomic E-state index is 5.88. The van der Waals surface area contributed by atoms with Crippen molar-refractivity contribution in [1.82, 2.24) is 10.2 Å². The molecule has 0 aliphatic carbocycles.